The number of rotatable bonds is 6. The van der Waals surface area contributed by atoms with E-state index in [9.17, 15) is 14.7 Å². The van der Waals surface area contributed by atoms with E-state index in [1.807, 2.05) is 43.3 Å². The first-order valence-electron chi connectivity index (χ1n) is 7.25. The largest absolute Gasteiger partial charge is 0.478 e. The molecular weight excluding hydrogens is 296 g/mol. The standard InChI is InChI=1S/C17H20N2O4/c1-18(2)14-6-3-12(4-7-14)9-15(11-20)19-10-13(17(22)23)5-8-16(19)21/h3-8,10,15,20H,9,11H2,1-2H3,(H,22,23)/t15-/m0/s1. The van der Waals surface area contributed by atoms with Gasteiger partial charge >= 0.3 is 5.97 Å². The molecule has 0 aliphatic rings. The van der Waals surface area contributed by atoms with E-state index in [0.717, 1.165) is 11.3 Å². The van der Waals surface area contributed by atoms with Crippen molar-refractivity contribution in [2.75, 3.05) is 25.6 Å². The van der Waals surface area contributed by atoms with Crippen LogP contribution in [0.2, 0.25) is 0 Å². The fraction of sp³-hybridized carbons (Fsp3) is 0.294. The third kappa shape index (κ3) is 3.98. The van der Waals surface area contributed by atoms with Crippen LogP contribution in [0, 0.1) is 0 Å². The van der Waals surface area contributed by atoms with Crippen molar-refractivity contribution in [1.29, 1.82) is 0 Å². The molecule has 1 aromatic carbocycles. The van der Waals surface area contributed by atoms with Crippen LogP contribution >= 0.6 is 0 Å². The van der Waals surface area contributed by atoms with E-state index in [-0.39, 0.29) is 17.7 Å². The van der Waals surface area contributed by atoms with Crippen molar-refractivity contribution < 1.29 is 15.0 Å². The second kappa shape index (κ2) is 7.11. The van der Waals surface area contributed by atoms with Crippen LogP contribution in [-0.2, 0) is 6.42 Å². The van der Waals surface area contributed by atoms with E-state index in [1.54, 1.807) is 0 Å². The van der Waals surface area contributed by atoms with Crippen molar-refractivity contribution in [3.8, 4) is 0 Å². The summed E-state index contributed by atoms with van der Waals surface area (Å²) in [5, 5.41) is 18.7. The van der Waals surface area contributed by atoms with Crippen LogP contribution in [0.25, 0.3) is 0 Å². The number of carboxylic acids is 1. The molecule has 1 heterocycles. The van der Waals surface area contributed by atoms with E-state index >= 15 is 0 Å². The lowest BCUT2D eigenvalue weighted by atomic mass is 10.1. The second-order valence-electron chi connectivity index (χ2n) is 5.57. The highest BCUT2D eigenvalue weighted by atomic mass is 16.4. The fourth-order valence-electron chi connectivity index (χ4n) is 2.37. The van der Waals surface area contributed by atoms with Crippen LogP contribution in [0.1, 0.15) is 22.0 Å². The Morgan fingerprint density at radius 3 is 2.35 bits per heavy atom. The molecule has 0 aliphatic heterocycles. The number of benzene rings is 1. The number of pyridine rings is 1. The minimum absolute atomic E-state index is 0.0194. The Morgan fingerprint density at radius 1 is 1.17 bits per heavy atom. The number of aromatic carboxylic acids is 1. The van der Waals surface area contributed by atoms with E-state index in [2.05, 4.69) is 0 Å². The molecule has 2 N–H and O–H groups in total. The van der Waals surface area contributed by atoms with E-state index in [0.29, 0.717) is 6.42 Å². The first kappa shape index (κ1) is 16.8. The number of hydrogen-bond donors (Lipinski definition) is 2. The molecule has 0 unspecified atom stereocenters. The van der Waals surface area contributed by atoms with Gasteiger partial charge in [-0.15, -0.1) is 0 Å². The third-order valence-electron chi connectivity index (χ3n) is 3.71. The normalized spacial score (nSPS) is 12.0. The molecule has 0 saturated heterocycles. The molecule has 0 radical (unpaired) electrons. The first-order valence-corrected chi connectivity index (χ1v) is 7.25. The zero-order valence-electron chi connectivity index (χ0n) is 13.1. The molecule has 6 heteroatoms. The molecule has 0 saturated carbocycles. The average Bonchev–Trinajstić information content (AvgIpc) is 2.53. The SMILES string of the molecule is CN(C)c1ccc(C[C@@H](CO)n2cc(C(=O)O)ccc2=O)cc1. The molecular formula is C17H20N2O4. The molecule has 0 fully saturated rings. The molecule has 0 amide bonds. The number of carboxylic acid groups (broad SMARTS) is 1. The molecule has 0 aliphatic carbocycles. The van der Waals surface area contributed by atoms with Crippen LogP contribution in [0.15, 0.2) is 47.4 Å². The monoisotopic (exact) mass is 316 g/mol. The molecule has 0 bridgehead atoms. The number of anilines is 1. The third-order valence-corrected chi connectivity index (χ3v) is 3.71. The molecule has 1 atom stereocenters. The predicted molar refractivity (Wildman–Crippen MR) is 88.3 cm³/mol. The highest BCUT2D eigenvalue weighted by Gasteiger charge is 2.14. The lowest BCUT2D eigenvalue weighted by Gasteiger charge is -2.19. The Labute approximate surface area is 134 Å². The highest BCUT2D eigenvalue weighted by Crippen LogP contribution is 2.17. The minimum atomic E-state index is -1.11. The molecule has 6 nitrogen and oxygen atoms in total. The molecule has 23 heavy (non-hydrogen) atoms. The summed E-state index contributed by atoms with van der Waals surface area (Å²) in [4.78, 5) is 25.0. The summed E-state index contributed by atoms with van der Waals surface area (Å²) < 4.78 is 1.28. The summed E-state index contributed by atoms with van der Waals surface area (Å²) in [7, 11) is 3.89. The Balaban J connectivity index is 2.28. The predicted octanol–water partition coefficient (Wildman–Crippen LogP) is 1.39. The van der Waals surface area contributed by atoms with Gasteiger partial charge in [0.25, 0.3) is 5.56 Å². The summed E-state index contributed by atoms with van der Waals surface area (Å²) in [6.45, 7) is -0.252. The summed E-state index contributed by atoms with van der Waals surface area (Å²) in [6, 6.07) is 9.75. The van der Waals surface area contributed by atoms with Gasteiger partial charge in [-0.1, -0.05) is 12.1 Å². The maximum Gasteiger partial charge on any atom is 0.337 e. The van der Waals surface area contributed by atoms with Gasteiger partial charge in [0.2, 0.25) is 0 Å². The van der Waals surface area contributed by atoms with Crippen molar-refractivity contribution in [3.05, 3.63) is 64.1 Å². The maximum absolute atomic E-state index is 12.0. The Kier molecular flexibility index (Phi) is 5.18. The van der Waals surface area contributed by atoms with Gasteiger partial charge in [-0.3, -0.25) is 4.79 Å². The number of nitrogens with zero attached hydrogens (tertiary/aromatic N) is 2. The Bertz CT molecular complexity index is 735. The highest BCUT2D eigenvalue weighted by molar-refractivity contribution is 5.87. The number of aromatic nitrogens is 1. The molecule has 1 aromatic heterocycles. The van der Waals surface area contributed by atoms with Crippen molar-refractivity contribution in [2.45, 2.75) is 12.5 Å². The molecule has 2 rings (SSSR count). The molecule has 122 valence electrons. The lowest BCUT2D eigenvalue weighted by molar-refractivity contribution is 0.0695. The van der Waals surface area contributed by atoms with Crippen LogP contribution in [0.5, 0.6) is 0 Å². The van der Waals surface area contributed by atoms with Gasteiger partial charge in [0, 0.05) is 32.0 Å². The van der Waals surface area contributed by atoms with Gasteiger partial charge in [-0.05, 0) is 30.2 Å². The Hall–Kier alpha value is -2.60. The van der Waals surface area contributed by atoms with Crippen LogP contribution in [0.3, 0.4) is 0 Å². The average molecular weight is 316 g/mol. The van der Waals surface area contributed by atoms with Crippen molar-refractivity contribution in [1.82, 2.24) is 4.57 Å². The van der Waals surface area contributed by atoms with Gasteiger partial charge in [0.15, 0.2) is 0 Å². The van der Waals surface area contributed by atoms with Gasteiger partial charge in [-0.2, -0.15) is 0 Å². The Morgan fingerprint density at radius 2 is 1.83 bits per heavy atom. The van der Waals surface area contributed by atoms with E-state index in [4.69, 9.17) is 5.11 Å². The second-order valence-corrected chi connectivity index (χ2v) is 5.57. The lowest BCUT2D eigenvalue weighted by Crippen LogP contribution is -2.28. The number of carbonyl (C=O) groups is 1. The van der Waals surface area contributed by atoms with E-state index < -0.39 is 12.0 Å². The maximum atomic E-state index is 12.0. The fourth-order valence-corrected chi connectivity index (χ4v) is 2.37. The number of aliphatic hydroxyl groups excluding tert-OH is 1. The quantitative estimate of drug-likeness (QED) is 0.841. The van der Waals surface area contributed by atoms with Crippen LogP contribution in [0.4, 0.5) is 5.69 Å². The van der Waals surface area contributed by atoms with Crippen molar-refractivity contribution in [2.24, 2.45) is 0 Å². The van der Waals surface area contributed by atoms with Gasteiger partial charge in [-0.25, -0.2) is 4.79 Å². The first-order chi connectivity index (χ1) is 10.9. The smallest absolute Gasteiger partial charge is 0.337 e. The summed E-state index contributed by atoms with van der Waals surface area (Å²) in [5.74, 6) is -1.11. The van der Waals surface area contributed by atoms with E-state index in [1.165, 1.54) is 22.9 Å². The summed E-state index contributed by atoms with van der Waals surface area (Å²) in [6.07, 6.45) is 1.72. The summed E-state index contributed by atoms with van der Waals surface area (Å²) in [5.41, 5.74) is 1.70. The van der Waals surface area contributed by atoms with Gasteiger partial charge in [0.05, 0.1) is 18.2 Å². The van der Waals surface area contributed by atoms with Crippen molar-refractivity contribution >= 4 is 11.7 Å². The van der Waals surface area contributed by atoms with Gasteiger partial charge < -0.3 is 19.7 Å². The topological polar surface area (TPSA) is 82.8 Å². The van der Waals surface area contributed by atoms with Crippen LogP contribution in [-0.4, -0.2) is 41.5 Å². The number of hydrogen-bond acceptors (Lipinski definition) is 4. The number of aliphatic hydroxyl groups is 1. The molecule has 0 spiro atoms. The van der Waals surface area contributed by atoms with Crippen LogP contribution < -0.4 is 10.5 Å². The van der Waals surface area contributed by atoms with Crippen molar-refractivity contribution in [3.63, 3.8) is 0 Å². The zero-order chi connectivity index (χ0) is 17.0. The summed E-state index contributed by atoms with van der Waals surface area (Å²) >= 11 is 0. The molecule has 2 aromatic rings. The van der Waals surface area contributed by atoms with Gasteiger partial charge in [0.1, 0.15) is 0 Å². The zero-order valence-corrected chi connectivity index (χ0v) is 13.1. The minimum Gasteiger partial charge on any atom is -0.478 e.